The minimum Gasteiger partial charge on any atom is -0.371 e. The third-order valence-corrected chi connectivity index (χ3v) is 4.70. The number of ether oxygens (including phenoxy) is 1. The quantitative estimate of drug-likeness (QED) is 0.529. The Morgan fingerprint density at radius 2 is 2.00 bits per heavy atom. The minimum atomic E-state index is -0.133. The largest absolute Gasteiger partial charge is 0.371 e. The van der Waals surface area contributed by atoms with E-state index in [1.54, 1.807) is 11.3 Å². The lowest BCUT2D eigenvalue weighted by molar-refractivity contribution is -0.0149. The Hall–Kier alpha value is -1.92. The maximum Gasteiger partial charge on any atom is 0.191 e. The first kappa shape index (κ1) is 21.4. The number of guanidine groups is 1. The monoisotopic (exact) mass is 388 g/mol. The Balaban J connectivity index is 1.89. The normalized spacial score (nSPS) is 12.3. The SMILES string of the molecule is CCNC(=NCc1cccc(COC(C)(C)C)c1)NCCc1ncc(C)s1. The molecule has 2 rings (SSSR count). The molecule has 0 aliphatic rings. The average Bonchev–Trinajstić information content (AvgIpc) is 3.03. The Labute approximate surface area is 167 Å². The van der Waals surface area contributed by atoms with Gasteiger partial charge < -0.3 is 15.4 Å². The van der Waals surface area contributed by atoms with Crippen molar-refractivity contribution in [2.24, 2.45) is 4.99 Å². The van der Waals surface area contributed by atoms with Crippen molar-refractivity contribution in [1.29, 1.82) is 0 Å². The lowest BCUT2D eigenvalue weighted by Gasteiger charge is -2.19. The number of hydrogen-bond donors (Lipinski definition) is 2. The van der Waals surface area contributed by atoms with Crippen molar-refractivity contribution in [2.75, 3.05) is 13.1 Å². The van der Waals surface area contributed by atoms with Crippen LogP contribution in [-0.2, 0) is 24.3 Å². The summed E-state index contributed by atoms with van der Waals surface area (Å²) >= 11 is 1.75. The summed E-state index contributed by atoms with van der Waals surface area (Å²) < 4.78 is 5.87. The zero-order chi connectivity index (χ0) is 19.7. The number of thiazole rings is 1. The highest BCUT2D eigenvalue weighted by Crippen LogP contribution is 2.14. The van der Waals surface area contributed by atoms with Crippen molar-refractivity contribution in [3.8, 4) is 0 Å². The van der Waals surface area contributed by atoms with Gasteiger partial charge in [0.2, 0.25) is 0 Å². The van der Waals surface area contributed by atoms with Crippen LogP contribution >= 0.6 is 11.3 Å². The first-order valence-electron chi connectivity index (χ1n) is 9.51. The van der Waals surface area contributed by atoms with Gasteiger partial charge in [-0.2, -0.15) is 0 Å². The molecule has 6 heteroatoms. The van der Waals surface area contributed by atoms with E-state index in [-0.39, 0.29) is 5.60 Å². The molecule has 0 aliphatic heterocycles. The molecule has 1 aromatic heterocycles. The van der Waals surface area contributed by atoms with Crippen molar-refractivity contribution in [2.45, 2.75) is 59.8 Å². The number of benzene rings is 1. The number of hydrogen-bond acceptors (Lipinski definition) is 4. The Bertz CT molecular complexity index is 734. The zero-order valence-electron chi connectivity index (χ0n) is 17.1. The number of rotatable bonds is 8. The summed E-state index contributed by atoms with van der Waals surface area (Å²) in [7, 11) is 0. The Kier molecular flexibility index (Phi) is 8.25. The third-order valence-electron chi connectivity index (χ3n) is 3.73. The standard InChI is InChI=1S/C21H32N4OS/c1-6-22-20(23-11-10-19-24-13-16(2)27-19)25-14-17-8-7-9-18(12-17)15-26-21(3,4)5/h7-9,12-13H,6,10-11,14-15H2,1-5H3,(H2,22,23,25). The fourth-order valence-electron chi connectivity index (χ4n) is 2.43. The highest BCUT2D eigenvalue weighted by Gasteiger charge is 2.10. The molecule has 0 bridgehead atoms. The van der Waals surface area contributed by atoms with E-state index in [2.05, 4.69) is 74.5 Å². The van der Waals surface area contributed by atoms with E-state index in [1.165, 1.54) is 16.0 Å². The summed E-state index contributed by atoms with van der Waals surface area (Å²) in [4.78, 5) is 10.4. The molecule has 0 amide bonds. The Morgan fingerprint density at radius 1 is 1.22 bits per heavy atom. The van der Waals surface area contributed by atoms with Crippen molar-refractivity contribution in [3.05, 3.63) is 51.5 Å². The average molecular weight is 389 g/mol. The molecule has 1 aromatic carbocycles. The van der Waals surface area contributed by atoms with E-state index in [4.69, 9.17) is 9.73 Å². The Morgan fingerprint density at radius 3 is 2.67 bits per heavy atom. The molecule has 1 heterocycles. The fourth-order valence-corrected chi connectivity index (χ4v) is 3.22. The fraction of sp³-hybridized carbons (Fsp3) is 0.524. The second-order valence-corrected chi connectivity index (χ2v) is 8.78. The van der Waals surface area contributed by atoms with Gasteiger partial charge in [-0.15, -0.1) is 11.3 Å². The number of aliphatic imine (C=N–C) groups is 1. The van der Waals surface area contributed by atoms with Crippen molar-refractivity contribution >= 4 is 17.3 Å². The van der Waals surface area contributed by atoms with Gasteiger partial charge in [0.15, 0.2) is 5.96 Å². The van der Waals surface area contributed by atoms with E-state index in [9.17, 15) is 0 Å². The summed E-state index contributed by atoms with van der Waals surface area (Å²) in [6.45, 7) is 13.3. The number of nitrogens with zero attached hydrogens (tertiary/aromatic N) is 2. The van der Waals surface area contributed by atoms with Gasteiger partial charge >= 0.3 is 0 Å². The molecule has 2 N–H and O–H groups in total. The third kappa shape index (κ3) is 8.54. The molecular weight excluding hydrogens is 356 g/mol. The van der Waals surface area contributed by atoms with Gasteiger partial charge in [0.05, 0.1) is 23.8 Å². The molecule has 0 aliphatic carbocycles. The topological polar surface area (TPSA) is 58.5 Å². The van der Waals surface area contributed by atoms with Crippen LogP contribution in [0.25, 0.3) is 0 Å². The summed E-state index contributed by atoms with van der Waals surface area (Å²) in [6, 6.07) is 8.43. The van der Waals surface area contributed by atoms with Crippen LogP contribution in [-0.4, -0.2) is 29.6 Å². The second-order valence-electron chi connectivity index (χ2n) is 7.46. The summed E-state index contributed by atoms with van der Waals surface area (Å²) in [6.07, 6.45) is 2.83. The zero-order valence-corrected chi connectivity index (χ0v) is 17.9. The van der Waals surface area contributed by atoms with E-state index in [0.717, 1.165) is 30.5 Å². The maximum atomic E-state index is 5.87. The van der Waals surface area contributed by atoms with E-state index in [0.29, 0.717) is 13.2 Å². The number of aromatic nitrogens is 1. The van der Waals surface area contributed by atoms with Gasteiger partial charge in [-0.3, -0.25) is 0 Å². The molecule has 0 saturated carbocycles. The van der Waals surface area contributed by atoms with Crippen molar-refractivity contribution < 1.29 is 4.74 Å². The molecule has 0 unspecified atom stereocenters. The first-order chi connectivity index (χ1) is 12.9. The summed E-state index contributed by atoms with van der Waals surface area (Å²) in [5, 5.41) is 7.85. The van der Waals surface area contributed by atoms with Crippen molar-refractivity contribution in [1.82, 2.24) is 15.6 Å². The number of aryl methyl sites for hydroxylation is 1. The lowest BCUT2D eigenvalue weighted by Crippen LogP contribution is -2.38. The van der Waals surface area contributed by atoms with Crippen LogP contribution in [0.5, 0.6) is 0 Å². The molecule has 0 atom stereocenters. The van der Waals surface area contributed by atoms with Crippen LogP contribution in [0, 0.1) is 6.92 Å². The molecular formula is C21H32N4OS. The molecule has 5 nitrogen and oxygen atoms in total. The van der Waals surface area contributed by atoms with Gasteiger partial charge in [0, 0.05) is 30.6 Å². The highest BCUT2D eigenvalue weighted by atomic mass is 32.1. The van der Waals surface area contributed by atoms with Crippen LogP contribution in [0.1, 0.15) is 48.7 Å². The van der Waals surface area contributed by atoms with E-state index in [1.807, 2.05) is 6.20 Å². The van der Waals surface area contributed by atoms with Gasteiger partial charge in [0.1, 0.15) is 0 Å². The number of nitrogens with one attached hydrogen (secondary N) is 2. The van der Waals surface area contributed by atoms with Gasteiger partial charge in [0.25, 0.3) is 0 Å². The van der Waals surface area contributed by atoms with E-state index >= 15 is 0 Å². The predicted octanol–water partition coefficient (Wildman–Crippen LogP) is 4.06. The van der Waals surface area contributed by atoms with Gasteiger partial charge in [-0.1, -0.05) is 24.3 Å². The predicted molar refractivity (Wildman–Crippen MR) is 114 cm³/mol. The van der Waals surface area contributed by atoms with Crippen LogP contribution in [0.2, 0.25) is 0 Å². The smallest absolute Gasteiger partial charge is 0.191 e. The van der Waals surface area contributed by atoms with E-state index < -0.39 is 0 Å². The van der Waals surface area contributed by atoms with Gasteiger partial charge in [-0.25, -0.2) is 9.98 Å². The highest BCUT2D eigenvalue weighted by molar-refractivity contribution is 7.11. The molecule has 27 heavy (non-hydrogen) atoms. The van der Waals surface area contributed by atoms with Crippen LogP contribution in [0.15, 0.2) is 35.5 Å². The molecule has 0 saturated heterocycles. The summed E-state index contributed by atoms with van der Waals surface area (Å²) in [5.41, 5.74) is 2.22. The molecule has 0 spiro atoms. The molecule has 0 radical (unpaired) electrons. The maximum absolute atomic E-state index is 5.87. The first-order valence-corrected chi connectivity index (χ1v) is 10.3. The van der Waals surface area contributed by atoms with Crippen LogP contribution in [0.3, 0.4) is 0 Å². The van der Waals surface area contributed by atoms with Crippen molar-refractivity contribution in [3.63, 3.8) is 0 Å². The van der Waals surface area contributed by atoms with Crippen LogP contribution in [0.4, 0.5) is 0 Å². The second kappa shape index (κ2) is 10.4. The molecule has 148 valence electrons. The van der Waals surface area contributed by atoms with Crippen LogP contribution < -0.4 is 10.6 Å². The molecule has 0 fully saturated rings. The minimum absolute atomic E-state index is 0.133. The lowest BCUT2D eigenvalue weighted by atomic mass is 10.1. The summed E-state index contributed by atoms with van der Waals surface area (Å²) in [5.74, 6) is 0.835. The van der Waals surface area contributed by atoms with Gasteiger partial charge in [-0.05, 0) is 45.7 Å². The molecule has 2 aromatic rings.